The van der Waals surface area contributed by atoms with Gasteiger partial charge >= 0.3 is 0 Å². The van der Waals surface area contributed by atoms with Gasteiger partial charge in [0.2, 0.25) is 5.91 Å². The third-order valence-corrected chi connectivity index (χ3v) is 6.75. The zero-order valence-electron chi connectivity index (χ0n) is 19.0. The van der Waals surface area contributed by atoms with E-state index in [1.54, 1.807) is 66.7 Å². The van der Waals surface area contributed by atoms with E-state index in [2.05, 4.69) is 21.2 Å². The molecule has 1 fully saturated rings. The van der Waals surface area contributed by atoms with Crippen LogP contribution in [0, 0.1) is 5.82 Å². The molecule has 1 saturated heterocycles. The number of halogens is 2. The van der Waals surface area contributed by atoms with Crippen LogP contribution < -0.4 is 14.8 Å². The second kappa shape index (κ2) is 11.4. The highest BCUT2D eigenvalue weighted by Gasteiger charge is 2.36. The molecule has 1 heterocycles. The molecule has 4 rings (SSSR count). The first-order valence-corrected chi connectivity index (χ1v) is 12.3. The molecule has 1 N–H and O–H groups in total. The van der Waals surface area contributed by atoms with Gasteiger partial charge in [0, 0.05) is 10.0 Å². The van der Waals surface area contributed by atoms with Crippen molar-refractivity contribution in [3.05, 3.63) is 93.1 Å². The van der Waals surface area contributed by atoms with E-state index in [1.165, 1.54) is 13.2 Å². The van der Waals surface area contributed by atoms with Crippen molar-refractivity contribution in [2.24, 2.45) is 0 Å². The standard InChI is InChI=1S/C26H20BrFN2O5S/c1-34-22-12-16(10-11-21(22)35-15-17-6-2-4-8-19(17)28)13-23-25(32)30(26(33)36-23)14-24(31)29-20-9-5-3-7-18(20)27/h2-13H,14-15H2,1H3,(H,29,31)/b23-13+. The largest absolute Gasteiger partial charge is 0.493 e. The predicted molar refractivity (Wildman–Crippen MR) is 139 cm³/mol. The molecule has 3 aromatic carbocycles. The minimum Gasteiger partial charge on any atom is -0.493 e. The minimum absolute atomic E-state index is 0.0168. The maximum Gasteiger partial charge on any atom is 0.294 e. The van der Waals surface area contributed by atoms with Crippen molar-refractivity contribution in [2.75, 3.05) is 19.0 Å². The van der Waals surface area contributed by atoms with E-state index in [4.69, 9.17) is 9.47 Å². The Labute approximate surface area is 219 Å². The molecule has 7 nitrogen and oxygen atoms in total. The molecule has 1 aliphatic heterocycles. The van der Waals surface area contributed by atoms with Gasteiger partial charge in [0.25, 0.3) is 11.1 Å². The predicted octanol–water partition coefficient (Wildman–Crippen LogP) is 5.85. The smallest absolute Gasteiger partial charge is 0.294 e. The Bertz CT molecular complexity index is 1360. The topological polar surface area (TPSA) is 84.9 Å². The van der Waals surface area contributed by atoms with Gasteiger partial charge in [-0.3, -0.25) is 19.3 Å². The summed E-state index contributed by atoms with van der Waals surface area (Å²) in [6.07, 6.45) is 1.54. The van der Waals surface area contributed by atoms with Crippen molar-refractivity contribution in [1.82, 2.24) is 4.90 Å². The summed E-state index contributed by atoms with van der Waals surface area (Å²) >= 11 is 4.09. The summed E-state index contributed by atoms with van der Waals surface area (Å²) in [5.74, 6) is -0.648. The Kier molecular flexibility index (Phi) is 8.07. The van der Waals surface area contributed by atoms with Gasteiger partial charge in [-0.15, -0.1) is 0 Å². The van der Waals surface area contributed by atoms with Crippen molar-refractivity contribution in [1.29, 1.82) is 0 Å². The van der Waals surface area contributed by atoms with E-state index >= 15 is 0 Å². The number of methoxy groups -OCH3 is 1. The van der Waals surface area contributed by atoms with E-state index in [1.807, 2.05) is 0 Å². The highest BCUT2D eigenvalue weighted by molar-refractivity contribution is 9.10. The number of nitrogens with one attached hydrogen (secondary N) is 1. The monoisotopic (exact) mass is 570 g/mol. The van der Waals surface area contributed by atoms with Crippen LogP contribution in [0.15, 0.2) is 76.1 Å². The Morgan fingerprint density at radius 2 is 1.83 bits per heavy atom. The van der Waals surface area contributed by atoms with Crippen LogP contribution in [0.2, 0.25) is 0 Å². The molecule has 10 heteroatoms. The SMILES string of the molecule is COc1cc(/C=C2/SC(=O)N(CC(=O)Nc3ccccc3Br)C2=O)ccc1OCc1ccccc1F. The summed E-state index contributed by atoms with van der Waals surface area (Å²) in [7, 11) is 1.46. The van der Waals surface area contributed by atoms with Gasteiger partial charge < -0.3 is 14.8 Å². The molecule has 3 amide bonds. The molecule has 0 spiro atoms. The van der Waals surface area contributed by atoms with Crippen LogP contribution in [-0.2, 0) is 16.2 Å². The maximum absolute atomic E-state index is 13.9. The van der Waals surface area contributed by atoms with E-state index in [0.717, 1.165) is 16.7 Å². The van der Waals surface area contributed by atoms with Crippen LogP contribution in [0.1, 0.15) is 11.1 Å². The molecule has 0 unspecified atom stereocenters. The summed E-state index contributed by atoms with van der Waals surface area (Å²) in [4.78, 5) is 38.7. The lowest BCUT2D eigenvalue weighted by Gasteiger charge is -2.13. The first-order chi connectivity index (χ1) is 17.4. The number of para-hydroxylation sites is 1. The van der Waals surface area contributed by atoms with Crippen molar-refractivity contribution in [2.45, 2.75) is 6.61 Å². The quantitative estimate of drug-likeness (QED) is 0.342. The summed E-state index contributed by atoms with van der Waals surface area (Å²) in [6, 6.07) is 18.3. The van der Waals surface area contributed by atoms with Crippen molar-refractivity contribution in [3.8, 4) is 11.5 Å². The Hall–Kier alpha value is -3.63. The van der Waals surface area contributed by atoms with E-state index in [9.17, 15) is 18.8 Å². The number of imide groups is 1. The molecular weight excluding hydrogens is 551 g/mol. The van der Waals surface area contributed by atoms with Gasteiger partial charge in [-0.25, -0.2) is 4.39 Å². The van der Waals surface area contributed by atoms with Gasteiger partial charge in [0.05, 0.1) is 17.7 Å². The van der Waals surface area contributed by atoms with Crippen LogP contribution in [0.3, 0.4) is 0 Å². The minimum atomic E-state index is -0.564. The first-order valence-electron chi connectivity index (χ1n) is 10.7. The fourth-order valence-electron chi connectivity index (χ4n) is 3.35. The molecule has 1 aliphatic rings. The second-order valence-electron chi connectivity index (χ2n) is 7.59. The molecule has 0 atom stereocenters. The average Bonchev–Trinajstić information content (AvgIpc) is 3.12. The molecule has 0 saturated carbocycles. The lowest BCUT2D eigenvalue weighted by molar-refractivity contribution is -0.127. The number of carbonyl (C=O) groups excluding carboxylic acids is 3. The van der Waals surface area contributed by atoms with Crippen LogP contribution in [0.5, 0.6) is 11.5 Å². The average molecular weight is 571 g/mol. The van der Waals surface area contributed by atoms with Crippen LogP contribution >= 0.6 is 27.7 Å². The molecule has 184 valence electrons. The molecule has 0 aliphatic carbocycles. The van der Waals surface area contributed by atoms with Gasteiger partial charge in [0.15, 0.2) is 11.5 Å². The molecule has 36 heavy (non-hydrogen) atoms. The molecule has 0 aromatic heterocycles. The van der Waals surface area contributed by atoms with Crippen LogP contribution in [0.4, 0.5) is 14.9 Å². The highest BCUT2D eigenvalue weighted by Crippen LogP contribution is 2.35. The second-order valence-corrected chi connectivity index (χ2v) is 9.43. The normalized spacial score (nSPS) is 14.3. The van der Waals surface area contributed by atoms with E-state index in [0.29, 0.717) is 32.8 Å². The summed E-state index contributed by atoms with van der Waals surface area (Å²) in [6.45, 7) is -0.391. The van der Waals surface area contributed by atoms with E-state index in [-0.39, 0.29) is 17.3 Å². The van der Waals surface area contributed by atoms with Gasteiger partial charge in [-0.2, -0.15) is 0 Å². The zero-order valence-corrected chi connectivity index (χ0v) is 21.4. The number of amides is 3. The number of anilines is 1. The van der Waals surface area contributed by atoms with Gasteiger partial charge in [-0.05, 0) is 69.7 Å². The number of ether oxygens (including phenoxy) is 2. The van der Waals surface area contributed by atoms with Crippen molar-refractivity contribution in [3.63, 3.8) is 0 Å². The Morgan fingerprint density at radius 3 is 2.58 bits per heavy atom. The summed E-state index contributed by atoms with van der Waals surface area (Å²) in [5.41, 5.74) is 1.53. The number of rotatable bonds is 8. The zero-order chi connectivity index (χ0) is 25.7. The lowest BCUT2D eigenvalue weighted by atomic mass is 10.1. The molecule has 0 bridgehead atoms. The van der Waals surface area contributed by atoms with Gasteiger partial charge in [-0.1, -0.05) is 36.4 Å². The lowest BCUT2D eigenvalue weighted by Crippen LogP contribution is -2.36. The van der Waals surface area contributed by atoms with Crippen molar-refractivity contribution >= 4 is 56.5 Å². The van der Waals surface area contributed by atoms with E-state index < -0.39 is 23.6 Å². The summed E-state index contributed by atoms with van der Waals surface area (Å²) in [5, 5.41) is 2.14. The fraction of sp³-hybridized carbons (Fsp3) is 0.115. The number of hydrogen-bond donors (Lipinski definition) is 1. The Morgan fingerprint density at radius 1 is 1.08 bits per heavy atom. The fourth-order valence-corrected chi connectivity index (χ4v) is 4.57. The Balaban J connectivity index is 1.44. The third-order valence-electron chi connectivity index (χ3n) is 5.15. The number of hydrogen-bond acceptors (Lipinski definition) is 6. The highest BCUT2D eigenvalue weighted by atomic mass is 79.9. The summed E-state index contributed by atoms with van der Waals surface area (Å²) < 4.78 is 25.6. The van der Waals surface area contributed by atoms with Crippen LogP contribution in [0.25, 0.3) is 6.08 Å². The third kappa shape index (κ3) is 5.95. The number of nitrogens with zero attached hydrogens (tertiary/aromatic N) is 1. The molecule has 3 aromatic rings. The molecular formula is C26H20BrFN2O5S. The number of benzene rings is 3. The van der Waals surface area contributed by atoms with Crippen molar-refractivity contribution < 1.29 is 28.2 Å². The maximum atomic E-state index is 13.9. The van der Waals surface area contributed by atoms with Gasteiger partial charge in [0.1, 0.15) is 19.0 Å². The van der Waals surface area contributed by atoms with Crippen LogP contribution in [-0.4, -0.2) is 35.6 Å². The first kappa shape index (κ1) is 25.5. The number of carbonyl (C=O) groups is 3. The molecule has 0 radical (unpaired) electrons. The number of thioether (sulfide) groups is 1.